The zero-order valence-corrected chi connectivity index (χ0v) is 14.5. The van der Waals surface area contributed by atoms with Crippen molar-refractivity contribution < 1.29 is 13.2 Å². The number of fused-ring (bicyclic) bond motifs is 4. The number of hydrogen-bond acceptors (Lipinski definition) is 5. The highest BCUT2D eigenvalue weighted by atomic mass is 32.2. The van der Waals surface area contributed by atoms with Crippen molar-refractivity contribution >= 4 is 10.0 Å². The van der Waals surface area contributed by atoms with Crippen molar-refractivity contribution in [2.24, 2.45) is 0 Å². The lowest BCUT2D eigenvalue weighted by Crippen LogP contribution is -2.42. The van der Waals surface area contributed by atoms with E-state index < -0.39 is 10.0 Å². The molecule has 0 N–H and O–H groups in total. The fourth-order valence-electron chi connectivity index (χ4n) is 3.78. The molecule has 2 atom stereocenters. The molecular weight excluding hydrogens is 326 g/mol. The lowest BCUT2D eigenvalue weighted by atomic mass is 10.0. The summed E-state index contributed by atoms with van der Waals surface area (Å²) in [6.07, 6.45) is 4.10. The van der Waals surface area contributed by atoms with Gasteiger partial charge < -0.3 is 4.74 Å². The van der Waals surface area contributed by atoms with Crippen LogP contribution >= 0.6 is 0 Å². The Bertz CT molecular complexity index is 898. The van der Waals surface area contributed by atoms with E-state index >= 15 is 0 Å². The molecular formula is C17H19N3O3S. The van der Waals surface area contributed by atoms with Gasteiger partial charge in [-0.25, -0.2) is 18.4 Å². The molecule has 0 amide bonds. The molecule has 0 spiro atoms. The van der Waals surface area contributed by atoms with Crippen LogP contribution in [0.4, 0.5) is 0 Å². The molecule has 0 saturated carbocycles. The third kappa shape index (κ3) is 2.31. The Balaban J connectivity index is 1.78. The molecule has 24 heavy (non-hydrogen) atoms. The van der Waals surface area contributed by atoms with Gasteiger partial charge in [0.05, 0.1) is 23.7 Å². The van der Waals surface area contributed by atoms with Gasteiger partial charge in [0, 0.05) is 30.3 Å². The molecule has 7 heteroatoms. The van der Waals surface area contributed by atoms with Crippen LogP contribution in [-0.4, -0.2) is 35.8 Å². The van der Waals surface area contributed by atoms with Gasteiger partial charge in [-0.15, -0.1) is 0 Å². The summed E-state index contributed by atoms with van der Waals surface area (Å²) in [5.41, 5.74) is 1.94. The van der Waals surface area contributed by atoms with Crippen LogP contribution in [0, 0.1) is 6.92 Å². The largest absolute Gasteiger partial charge is 0.497 e. The molecule has 2 bridgehead atoms. The van der Waals surface area contributed by atoms with E-state index in [1.807, 2.05) is 6.92 Å². The Hall–Kier alpha value is -1.99. The SMILES string of the molecule is COc1cccc(S(=O)(=O)N2C3CCC2c2cnc(C)nc2C3)c1. The monoisotopic (exact) mass is 345 g/mol. The van der Waals surface area contributed by atoms with Crippen LogP contribution in [0.5, 0.6) is 5.75 Å². The molecule has 126 valence electrons. The summed E-state index contributed by atoms with van der Waals surface area (Å²) in [4.78, 5) is 9.07. The molecule has 6 nitrogen and oxygen atoms in total. The van der Waals surface area contributed by atoms with E-state index in [2.05, 4.69) is 9.97 Å². The minimum atomic E-state index is -3.59. The Kier molecular flexibility index (Phi) is 3.58. The third-order valence-electron chi connectivity index (χ3n) is 4.87. The first-order valence-electron chi connectivity index (χ1n) is 8.00. The van der Waals surface area contributed by atoms with E-state index in [1.165, 1.54) is 7.11 Å². The minimum absolute atomic E-state index is 0.0343. The van der Waals surface area contributed by atoms with Crippen molar-refractivity contribution in [2.75, 3.05) is 7.11 Å². The van der Waals surface area contributed by atoms with Gasteiger partial charge in [-0.1, -0.05) is 6.07 Å². The van der Waals surface area contributed by atoms with Gasteiger partial charge in [-0.3, -0.25) is 0 Å². The Morgan fingerprint density at radius 1 is 1.29 bits per heavy atom. The molecule has 1 aromatic carbocycles. The highest BCUT2D eigenvalue weighted by molar-refractivity contribution is 7.89. The Labute approximate surface area is 141 Å². The number of benzene rings is 1. The summed E-state index contributed by atoms with van der Waals surface area (Å²) in [5.74, 6) is 1.28. The second-order valence-corrected chi connectivity index (χ2v) is 8.13. The van der Waals surface area contributed by atoms with Gasteiger partial charge in [-0.05, 0) is 31.9 Å². The third-order valence-corrected chi connectivity index (χ3v) is 6.82. The lowest BCUT2D eigenvalue weighted by molar-refractivity contribution is 0.299. The standard InChI is InChI=1S/C17H19N3O3S/c1-11-18-10-15-16(19-11)8-12-6-7-17(15)20(12)24(21,22)14-5-3-4-13(9-14)23-2/h3-5,9-10,12,17H,6-8H2,1-2H3. The molecule has 2 aliphatic heterocycles. The van der Waals surface area contributed by atoms with E-state index in [0.717, 1.165) is 29.9 Å². The number of aromatic nitrogens is 2. The predicted octanol–water partition coefficient (Wildman–Crippen LogP) is 2.24. The summed E-state index contributed by atoms with van der Waals surface area (Å²) in [5, 5.41) is 0. The van der Waals surface area contributed by atoms with Crippen LogP contribution in [-0.2, 0) is 16.4 Å². The first kappa shape index (κ1) is 15.5. The average molecular weight is 345 g/mol. The number of aryl methyl sites for hydroxylation is 1. The number of sulfonamides is 1. The van der Waals surface area contributed by atoms with E-state index in [9.17, 15) is 8.42 Å². The van der Waals surface area contributed by atoms with Crippen LogP contribution in [0.3, 0.4) is 0 Å². The fraction of sp³-hybridized carbons (Fsp3) is 0.412. The van der Waals surface area contributed by atoms with Crippen LogP contribution in [0.2, 0.25) is 0 Å². The van der Waals surface area contributed by atoms with Gasteiger partial charge in [0.25, 0.3) is 0 Å². The minimum Gasteiger partial charge on any atom is -0.497 e. The number of ether oxygens (including phenoxy) is 1. The Morgan fingerprint density at radius 3 is 2.92 bits per heavy atom. The van der Waals surface area contributed by atoms with Crippen LogP contribution in [0.25, 0.3) is 0 Å². The second-order valence-electron chi connectivity index (χ2n) is 6.28. The topological polar surface area (TPSA) is 72.4 Å². The van der Waals surface area contributed by atoms with Crippen molar-refractivity contribution in [3.05, 3.63) is 47.5 Å². The maximum absolute atomic E-state index is 13.2. The van der Waals surface area contributed by atoms with Crippen LogP contribution in [0.1, 0.15) is 36.0 Å². The van der Waals surface area contributed by atoms with E-state index in [1.54, 1.807) is 34.8 Å². The summed E-state index contributed by atoms with van der Waals surface area (Å²) in [7, 11) is -2.05. The van der Waals surface area contributed by atoms with Crippen LogP contribution in [0.15, 0.2) is 35.4 Å². The van der Waals surface area contributed by atoms with Crippen molar-refractivity contribution in [1.82, 2.24) is 14.3 Å². The lowest BCUT2D eigenvalue weighted by Gasteiger charge is -2.34. The van der Waals surface area contributed by atoms with Gasteiger partial charge >= 0.3 is 0 Å². The summed E-state index contributed by atoms with van der Waals surface area (Å²) >= 11 is 0. The zero-order valence-electron chi connectivity index (χ0n) is 13.6. The van der Waals surface area contributed by atoms with Gasteiger partial charge in [0.15, 0.2) is 0 Å². The molecule has 4 rings (SSSR count). The van der Waals surface area contributed by atoms with Crippen molar-refractivity contribution in [3.8, 4) is 5.75 Å². The zero-order chi connectivity index (χ0) is 16.9. The highest BCUT2D eigenvalue weighted by Crippen LogP contribution is 2.46. The van der Waals surface area contributed by atoms with E-state index in [4.69, 9.17) is 4.74 Å². The maximum atomic E-state index is 13.2. The first-order chi connectivity index (χ1) is 11.5. The molecule has 3 heterocycles. The van der Waals surface area contributed by atoms with Gasteiger partial charge in [0.2, 0.25) is 10.0 Å². The predicted molar refractivity (Wildman–Crippen MR) is 88.3 cm³/mol. The summed E-state index contributed by atoms with van der Waals surface area (Å²) < 4.78 is 33.3. The molecule has 2 aliphatic rings. The maximum Gasteiger partial charge on any atom is 0.244 e. The average Bonchev–Trinajstić information content (AvgIpc) is 2.91. The van der Waals surface area contributed by atoms with Crippen molar-refractivity contribution in [3.63, 3.8) is 0 Å². The number of methoxy groups -OCH3 is 1. The number of nitrogens with zero attached hydrogens (tertiary/aromatic N) is 3. The Morgan fingerprint density at radius 2 is 2.12 bits per heavy atom. The smallest absolute Gasteiger partial charge is 0.244 e. The molecule has 0 aliphatic carbocycles. The van der Waals surface area contributed by atoms with Crippen molar-refractivity contribution in [1.29, 1.82) is 0 Å². The highest BCUT2D eigenvalue weighted by Gasteiger charge is 2.47. The molecule has 0 radical (unpaired) electrons. The molecule has 2 unspecified atom stereocenters. The summed E-state index contributed by atoms with van der Waals surface area (Å²) in [6, 6.07) is 6.45. The fourth-order valence-corrected chi connectivity index (χ4v) is 5.67. The van der Waals surface area contributed by atoms with Crippen LogP contribution < -0.4 is 4.74 Å². The van der Waals surface area contributed by atoms with Crippen molar-refractivity contribution in [2.45, 2.75) is 43.2 Å². The molecule has 2 aromatic rings. The van der Waals surface area contributed by atoms with Gasteiger partial charge in [0.1, 0.15) is 11.6 Å². The quantitative estimate of drug-likeness (QED) is 0.853. The second kappa shape index (κ2) is 5.53. The molecule has 1 saturated heterocycles. The number of rotatable bonds is 3. The molecule has 1 fully saturated rings. The van der Waals surface area contributed by atoms with E-state index in [-0.39, 0.29) is 17.0 Å². The summed E-state index contributed by atoms with van der Waals surface area (Å²) in [6.45, 7) is 1.86. The normalized spacial score (nSPS) is 23.1. The first-order valence-corrected chi connectivity index (χ1v) is 9.44. The molecule has 1 aromatic heterocycles. The number of hydrogen-bond donors (Lipinski definition) is 0. The van der Waals surface area contributed by atoms with Gasteiger partial charge in [-0.2, -0.15) is 4.31 Å². The van der Waals surface area contributed by atoms with E-state index in [0.29, 0.717) is 12.2 Å².